The van der Waals surface area contributed by atoms with E-state index >= 15 is 0 Å². The summed E-state index contributed by atoms with van der Waals surface area (Å²) in [6.07, 6.45) is 8.86. The molecule has 166 valence electrons. The Kier molecular flexibility index (Phi) is 6.08. The van der Waals surface area contributed by atoms with Gasteiger partial charge in [-0.25, -0.2) is 13.5 Å². The van der Waals surface area contributed by atoms with Gasteiger partial charge in [-0.05, 0) is 70.7 Å². The van der Waals surface area contributed by atoms with Gasteiger partial charge in [-0.1, -0.05) is 49.6 Å². The third-order valence-electron chi connectivity index (χ3n) is 6.69. The van der Waals surface area contributed by atoms with Crippen molar-refractivity contribution in [3.63, 3.8) is 0 Å². The molecule has 1 atom stereocenters. The van der Waals surface area contributed by atoms with Gasteiger partial charge < -0.3 is 0 Å². The molecule has 1 unspecified atom stereocenters. The van der Waals surface area contributed by atoms with Crippen molar-refractivity contribution in [3.8, 4) is 0 Å². The number of aromatic nitrogens is 4. The van der Waals surface area contributed by atoms with Crippen LogP contribution in [0.25, 0.3) is 5.57 Å². The van der Waals surface area contributed by atoms with E-state index in [1.54, 1.807) is 0 Å². The molecule has 3 aromatic rings. The predicted molar refractivity (Wildman–Crippen MR) is 119 cm³/mol. The molecule has 0 N–H and O–H groups in total. The number of rotatable bonds is 5. The topological polar surface area (TPSA) is 46.8 Å². The zero-order valence-electron chi connectivity index (χ0n) is 18.0. The van der Waals surface area contributed by atoms with Crippen LogP contribution in [0.15, 0.2) is 54.6 Å². The summed E-state index contributed by atoms with van der Waals surface area (Å²) in [6, 6.07) is 13.5. The van der Waals surface area contributed by atoms with Gasteiger partial charge in [0.25, 0.3) is 0 Å². The molecule has 0 bridgehead atoms. The van der Waals surface area contributed by atoms with Crippen LogP contribution in [0.5, 0.6) is 0 Å². The second-order valence-electron chi connectivity index (χ2n) is 8.71. The highest BCUT2D eigenvalue weighted by molar-refractivity contribution is 5.66. The molecule has 2 heterocycles. The molecule has 1 aliphatic carbocycles. The Morgan fingerprint density at radius 2 is 1.56 bits per heavy atom. The van der Waals surface area contributed by atoms with Crippen LogP contribution >= 0.6 is 0 Å². The third-order valence-corrected chi connectivity index (χ3v) is 6.69. The summed E-state index contributed by atoms with van der Waals surface area (Å²) >= 11 is 0. The number of tetrazole rings is 1. The minimum Gasteiger partial charge on any atom is -0.286 e. The Morgan fingerprint density at radius 1 is 0.875 bits per heavy atom. The van der Waals surface area contributed by atoms with Gasteiger partial charge in [0.2, 0.25) is 0 Å². The van der Waals surface area contributed by atoms with Crippen molar-refractivity contribution in [2.45, 2.75) is 50.6 Å². The van der Waals surface area contributed by atoms with Crippen LogP contribution in [0.2, 0.25) is 0 Å². The van der Waals surface area contributed by atoms with Gasteiger partial charge in [-0.2, -0.15) is 0 Å². The van der Waals surface area contributed by atoms with Crippen molar-refractivity contribution >= 4 is 5.57 Å². The number of halogens is 2. The number of hydrogen-bond donors (Lipinski definition) is 0. The van der Waals surface area contributed by atoms with Crippen LogP contribution in [-0.4, -0.2) is 38.2 Å². The quantitative estimate of drug-likeness (QED) is 0.543. The Labute approximate surface area is 186 Å². The first kappa shape index (κ1) is 20.9. The van der Waals surface area contributed by atoms with E-state index in [0.29, 0.717) is 12.6 Å². The average Bonchev–Trinajstić information content (AvgIpc) is 3.31. The molecule has 0 saturated heterocycles. The SMILES string of the molecule is Fc1ccc(C2=CCN(C(c3ccc(F)cc3)c3nnnn3C3CCCCC3)CC2)cc1. The average molecular weight is 436 g/mol. The second-order valence-corrected chi connectivity index (χ2v) is 8.71. The molecule has 5 nitrogen and oxygen atoms in total. The summed E-state index contributed by atoms with van der Waals surface area (Å²) in [4.78, 5) is 2.34. The van der Waals surface area contributed by atoms with Crippen LogP contribution in [0.1, 0.15) is 67.6 Å². The molecule has 2 aliphatic rings. The molecule has 1 aromatic heterocycles. The van der Waals surface area contributed by atoms with Gasteiger partial charge in [-0.15, -0.1) is 5.10 Å². The Morgan fingerprint density at radius 3 is 2.22 bits per heavy atom. The Bertz CT molecular complexity index is 1070. The number of benzene rings is 2. The lowest BCUT2D eigenvalue weighted by molar-refractivity contribution is 0.222. The van der Waals surface area contributed by atoms with Gasteiger partial charge in [-0.3, -0.25) is 4.90 Å². The third kappa shape index (κ3) is 4.35. The first-order valence-corrected chi connectivity index (χ1v) is 11.4. The molecule has 1 fully saturated rings. The summed E-state index contributed by atoms with van der Waals surface area (Å²) in [6.45, 7) is 1.52. The first-order chi connectivity index (χ1) is 15.7. The lowest BCUT2D eigenvalue weighted by Gasteiger charge is -2.34. The van der Waals surface area contributed by atoms with E-state index < -0.39 is 0 Å². The highest BCUT2D eigenvalue weighted by Crippen LogP contribution is 2.35. The molecular formula is C25H27F2N5. The predicted octanol–water partition coefficient (Wildman–Crippen LogP) is 5.34. The van der Waals surface area contributed by atoms with E-state index in [1.165, 1.54) is 49.1 Å². The molecule has 2 aromatic carbocycles. The van der Waals surface area contributed by atoms with Crippen molar-refractivity contribution in [3.05, 3.63) is 83.2 Å². The molecule has 0 spiro atoms. The highest BCUT2D eigenvalue weighted by Gasteiger charge is 2.31. The standard InChI is InChI=1S/C25H27F2N5/c26-21-10-6-18(7-11-21)19-14-16-31(17-15-19)24(20-8-12-22(27)13-9-20)25-28-29-30-32(25)23-4-2-1-3-5-23/h6-14,23-24H,1-5,15-17H2. The zero-order chi connectivity index (χ0) is 21.9. The van der Waals surface area contributed by atoms with Crippen molar-refractivity contribution in [1.82, 2.24) is 25.1 Å². The lowest BCUT2D eigenvalue weighted by Crippen LogP contribution is -2.35. The summed E-state index contributed by atoms with van der Waals surface area (Å²) in [5.41, 5.74) is 3.25. The molecule has 1 aliphatic heterocycles. The molecule has 1 saturated carbocycles. The maximum absolute atomic E-state index is 13.7. The highest BCUT2D eigenvalue weighted by atomic mass is 19.1. The fraction of sp³-hybridized carbons (Fsp3) is 0.400. The van der Waals surface area contributed by atoms with Crippen LogP contribution in [0, 0.1) is 11.6 Å². The van der Waals surface area contributed by atoms with Crippen molar-refractivity contribution in [1.29, 1.82) is 0 Å². The Hall–Kier alpha value is -2.93. The van der Waals surface area contributed by atoms with E-state index in [4.69, 9.17) is 0 Å². The van der Waals surface area contributed by atoms with E-state index in [9.17, 15) is 8.78 Å². The second kappa shape index (κ2) is 9.28. The van der Waals surface area contributed by atoms with E-state index in [-0.39, 0.29) is 17.7 Å². The van der Waals surface area contributed by atoms with E-state index in [2.05, 4.69) is 26.5 Å². The minimum absolute atomic E-state index is 0.154. The lowest BCUT2D eigenvalue weighted by atomic mass is 9.94. The van der Waals surface area contributed by atoms with Gasteiger partial charge in [0, 0.05) is 13.1 Å². The summed E-state index contributed by atoms with van der Waals surface area (Å²) in [5, 5.41) is 12.9. The molecule has 0 amide bonds. The maximum atomic E-state index is 13.7. The minimum atomic E-state index is -0.253. The van der Waals surface area contributed by atoms with Crippen molar-refractivity contribution < 1.29 is 8.78 Å². The van der Waals surface area contributed by atoms with Crippen molar-refractivity contribution in [2.75, 3.05) is 13.1 Å². The number of nitrogens with zero attached hydrogens (tertiary/aromatic N) is 5. The van der Waals surface area contributed by atoms with Gasteiger partial charge >= 0.3 is 0 Å². The monoisotopic (exact) mass is 435 g/mol. The van der Waals surface area contributed by atoms with E-state index in [1.807, 2.05) is 28.9 Å². The van der Waals surface area contributed by atoms with Crippen LogP contribution < -0.4 is 0 Å². The molecule has 32 heavy (non-hydrogen) atoms. The van der Waals surface area contributed by atoms with Gasteiger partial charge in [0.15, 0.2) is 5.82 Å². The van der Waals surface area contributed by atoms with Crippen LogP contribution in [0.4, 0.5) is 8.78 Å². The smallest absolute Gasteiger partial charge is 0.173 e. The molecule has 0 radical (unpaired) electrons. The molecular weight excluding hydrogens is 408 g/mol. The largest absolute Gasteiger partial charge is 0.286 e. The summed E-state index contributed by atoms with van der Waals surface area (Å²) in [7, 11) is 0. The number of hydrogen-bond acceptors (Lipinski definition) is 4. The summed E-state index contributed by atoms with van der Waals surface area (Å²) < 4.78 is 29.0. The molecule has 5 rings (SSSR count). The summed E-state index contributed by atoms with van der Waals surface area (Å²) in [5.74, 6) is 0.344. The maximum Gasteiger partial charge on any atom is 0.173 e. The van der Waals surface area contributed by atoms with Gasteiger partial charge in [0.1, 0.15) is 11.6 Å². The van der Waals surface area contributed by atoms with Crippen LogP contribution in [-0.2, 0) is 0 Å². The van der Waals surface area contributed by atoms with E-state index in [0.717, 1.165) is 42.8 Å². The fourth-order valence-electron chi connectivity index (χ4n) is 4.98. The molecule has 7 heteroatoms. The first-order valence-electron chi connectivity index (χ1n) is 11.4. The zero-order valence-corrected chi connectivity index (χ0v) is 18.0. The van der Waals surface area contributed by atoms with Crippen LogP contribution in [0.3, 0.4) is 0 Å². The fourth-order valence-corrected chi connectivity index (χ4v) is 4.98. The Balaban J connectivity index is 1.46. The van der Waals surface area contributed by atoms with Gasteiger partial charge in [0.05, 0.1) is 12.1 Å². The van der Waals surface area contributed by atoms with Crippen molar-refractivity contribution in [2.24, 2.45) is 0 Å². The normalized spacial score (nSPS) is 19.0.